The van der Waals surface area contributed by atoms with Crippen LogP contribution in [0.25, 0.3) is 0 Å². The predicted octanol–water partition coefficient (Wildman–Crippen LogP) is 2.07. The molecule has 86 valence electrons. The van der Waals surface area contributed by atoms with E-state index < -0.39 is 0 Å². The Morgan fingerprint density at radius 2 is 2.31 bits per heavy atom. The predicted molar refractivity (Wildman–Crippen MR) is 71.3 cm³/mol. The van der Waals surface area contributed by atoms with E-state index in [0.29, 0.717) is 11.4 Å². The first kappa shape index (κ1) is 11.9. The van der Waals surface area contributed by atoms with Crippen LogP contribution in [0.15, 0.2) is 18.2 Å². The number of amidine groups is 1. The lowest BCUT2D eigenvalue weighted by atomic mass is 10.1. The first-order valence-corrected chi connectivity index (χ1v) is 6.72. The fourth-order valence-electron chi connectivity index (χ4n) is 1.66. The summed E-state index contributed by atoms with van der Waals surface area (Å²) >= 11 is 1.68. The summed E-state index contributed by atoms with van der Waals surface area (Å²) in [5.41, 5.74) is 0.648. The number of hydrogen-bond donors (Lipinski definition) is 2. The molecule has 0 amide bonds. The zero-order valence-corrected chi connectivity index (χ0v) is 10.9. The maximum atomic E-state index is 13.7. The fraction of sp³-hybridized carbons (Fsp3) is 0.364. The molecule has 1 saturated heterocycles. The van der Waals surface area contributed by atoms with Crippen molar-refractivity contribution in [3.05, 3.63) is 29.6 Å². The minimum atomic E-state index is -0.201. The van der Waals surface area contributed by atoms with Gasteiger partial charge in [0.05, 0.1) is 11.3 Å². The zero-order chi connectivity index (χ0) is 11.7. The standard InChI is InChI=1S/C11H14FN2PS/c1-6-11(13)14-10(5-16-6)8-3-2-7(15)4-9(8)12/h2-4,6,10H,5,15H2,1H3,(H2,13,14). The summed E-state index contributed by atoms with van der Waals surface area (Å²) < 4.78 is 13.7. The monoisotopic (exact) mass is 256 g/mol. The van der Waals surface area contributed by atoms with Gasteiger partial charge in [0.15, 0.2) is 0 Å². The summed E-state index contributed by atoms with van der Waals surface area (Å²) in [6, 6.07) is 5.09. The minimum Gasteiger partial charge on any atom is -0.365 e. The lowest BCUT2D eigenvalue weighted by Gasteiger charge is -2.29. The van der Waals surface area contributed by atoms with E-state index in [4.69, 9.17) is 5.41 Å². The van der Waals surface area contributed by atoms with Gasteiger partial charge in [0.1, 0.15) is 11.7 Å². The molecule has 0 saturated carbocycles. The van der Waals surface area contributed by atoms with Crippen molar-refractivity contribution in [2.45, 2.75) is 18.2 Å². The fourth-order valence-corrected chi connectivity index (χ4v) is 2.89. The topological polar surface area (TPSA) is 35.9 Å². The quantitative estimate of drug-likeness (QED) is 0.755. The van der Waals surface area contributed by atoms with Gasteiger partial charge >= 0.3 is 0 Å². The Kier molecular flexibility index (Phi) is 3.50. The normalized spacial score (nSPS) is 25.3. The number of halogens is 1. The van der Waals surface area contributed by atoms with Gasteiger partial charge in [-0.1, -0.05) is 12.1 Å². The van der Waals surface area contributed by atoms with E-state index in [-0.39, 0.29) is 17.1 Å². The van der Waals surface area contributed by atoms with E-state index >= 15 is 0 Å². The van der Waals surface area contributed by atoms with Crippen molar-refractivity contribution in [2.75, 3.05) is 5.75 Å². The van der Waals surface area contributed by atoms with Gasteiger partial charge in [-0.2, -0.15) is 0 Å². The molecule has 0 bridgehead atoms. The largest absolute Gasteiger partial charge is 0.365 e. The van der Waals surface area contributed by atoms with E-state index in [1.807, 2.05) is 13.0 Å². The molecule has 1 heterocycles. The molecule has 0 spiro atoms. The van der Waals surface area contributed by atoms with Crippen molar-refractivity contribution in [3.8, 4) is 0 Å². The van der Waals surface area contributed by atoms with Crippen LogP contribution < -0.4 is 10.6 Å². The highest BCUT2D eigenvalue weighted by molar-refractivity contribution is 8.00. The van der Waals surface area contributed by atoms with E-state index in [9.17, 15) is 4.39 Å². The summed E-state index contributed by atoms with van der Waals surface area (Å²) in [6.07, 6.45) is 0. The SMILES string of the molecule is CC1SCC(c2ccc(P)cc2F)NC1=N. The molecule has 1 aliphatic rings. The van der Waals surface area contributed by atoms with E-state index in [1.165, 1.54) is 6.07 Å². The van der Waals surface area contributed by atoms with Gasteiger partial charge in [-0.05, 0) is 18.3 Å². The van der Waals surface area contributed by atoms with Gasteiger partial charge in [0.25, 0.3) is 0 Å². The second-order valence-electron chi connectivity index (χ2n) is 3.87. The summed E-state index contributed by atoms with van der Waals surface area (Å²) in [6.45, 7) is 1.98. The van der Waals surface area contributed by atoms with Crippen molar-refractivity contribution in [1.82, 2.24) is 5.32 Å². The molecule has 3 atom stereocenters. The third kappa shape index (κ3) is 2.38. The van der Waals surface area contributed by atoms with Gasteiger partial charge in [-0.15, -0.1) is 21.0 Å². The highest BCUT2D eigenvalue weighted by Gasteiger charge is 2.25. The molecule has 0 aromatic heterocycles. The number of hydrogen-bond acceptors (Lipinski definition) is 2. The third-order valence-electron chi connectivity index (χ3n) is 2.65. The molecule has 1 aromatic rings. The van der Waals surface area contributed by atoms with Crippen LogP contribution in [-0.4, -0.2) is 16.8 Å². The maximum Gasteiger partial charge on any atom is 0.129 e. The molecule has 1 aromatic carbocycles. The van der Waals surface area contributed by atoms with Gasteiger partial charge in [0, 0.05) is 11.3 Å². The first-order chi connectivity index (χ1) is 7.58. The van der Waals surface area contributed by atoms with Crippen LogP contribution in [0.1, 0.15) is 18.5 Å². The Balaban J connectivity index is 2.22. The van der Waals surface area contributed by atoms with Crippen LogP contribution in [0.5, 0.6) is 0 Å². The van der Waals surface area contributed by atoms with E-state index in [0.717, 1.165) is 11.1 Å². The second kappa shape index (κ2) is 4.72. The number of thioether (sulfide) groups is 1. The van der Waals surface area contributed by atoms with Crippen LogP contribution in [0, 0.1) is 11.2 Å². The average molecular weight is 256 g/mol. The van der Waals surface area contributed by atoms with Crippen molar-refractivity contribution < 1.29 is 4.39 Å². The molecule has 5 heteroatoms. The van der Waals surface area contributed by atoms with Crippen molar-refractivity contribution in [2.24, 2.45) is 0 Å². The zero-order valence-electron chi connectivity index (χ0n) is 8.96. The highest BCUT2D eigenvalue weighted by atomic mass is 32.2. The number of rotatable bonds is 1. The molecular formula is C11H14FN2PS. The first-order valence-electron chi connectivity index (χ1n) is 5.09. The molecule has 2 N–H and O–H groups in total. The second-order valence-corrected chi connectivity index (χ2v) is 5.91. The molecular weight excluding hydrogens is 242 g/mol. The smallest absolute Gasteiger partial charge is 0.129 e. The Labute approximate surface area is 101 Å². The lowest BCUT2D eigenvalue weighted by Crippen LogP contribution is -2.40. The Morgan fingerprint density at radius 3 is 2.94 bits per heavy atom. The molecule has 1 aliphatic heterocycles. The van der Waals surface area contributed by atoms with Crippen LogP contribution in [0.3, 0.4) is 0 Å². The highest BCUT2D eigenvalue weighted by Crippen LogP contribution is 2.27. The third-order valence-corrected chi connectivity index (χ3v) is 4.27. The van der Waals surface area contributed by atoms with Crippen LogP contribution in [0.4, 0.5) is 4.39 Å². The van der Waals surface area contributed by atoms with Gasteiger partial charge in [0.2, 0.25) is 0 Å². The molecule has 16 heavy (non-hydrogen) atoms. The van der Waals surface area contributed by atoms with Crippen molar-refractivity contribution >= 4 is 32.1 Å². The molecule has 0 radical (unpaired) electrons. The maximum absolute atomic E-state index is 13.7. The summed E-state index contributed by atoms with van der Waals surface area (Å²) in [5.74, 6) is 1.08. The van der Waals surface area contributed by atoms with Gasteiger partial charge in [-0.25, -0.2) is 4.39 Å². The summed E-state index contributed by atoms with van der Waals surface area (Å²) in [7, 11) is 2.48. The van der Waals surface area contributed by atoms with E-state index in [1.54, 1.807) is 17.8 Å². The Bertz CT molecular complexity index is 424. The Hall–Kier alpha value is -0.600. The summed E-state index contributed by atoms with van der Waals surface area (Å²) in [4.78, 5) is 0. The van der Waals surface area contributed by atoms with Gasteiger partial charge < -0.3 is 5.32 Å². The molecule has 2 nitrogen and oxygen atoms in total. The van der Waals surface area contributed by atoms with Gasteiger partial charge in [-0.3, -0.25) is 5.41 Å². The van der Waals surface area contributed by atoms with Crippen LogP contribution >= 0.6 is 21.0 Å². The number of benzene rings is 1. The summed E-state index contributed by atoms with van der Waals surface area (Å²) in [5, 5.41) is 11.8. The van der Waals surface area contributed by atoms with Crippen LogP contribution in [0.2, 0.25) is 0 Å². The lowest BCUT2D eigenvalue weighted by molar-refractivity contribution is 0.578. The van der Waals surface area contributed by atoms with Crippen LogP contribution in [-0.2, 0) is 0 Å². The van der Waals surface area contributed by atoms with Crippen molar-refractivity contribution in [1.29, 1.82) is 5.41 Å². The van der Waals surface area contributed by atoms with E-state index in [2.05, 4.69) is 14.6 Å². The molecule has 3 unspecified atom stereocenters. The molecule has 0 aliphatic carbocycles. The Morgan fingerprint density at radius 1 is 1.56 bits per heavy atom. The molecule has 1 fully saturated rings. The van der Waals surface area contributed by atoms with Crippen molar-refractivity contribution in [3.63, 3.8) is 0 Å². The average Bonchev–Trinajstić information content (AvgIpc) is 2.22. The minimum absolute atomic E-state index is 0.0840. The number of nitrogens with one attached hydrogen (secondary N) is 2. The molecule has 2 rings (SSSR count).